The number of oxazole rings is 1. The molecule has 0 bridgehead atoms. The standard InChI is InChI=1S/C16H16N2O2S/c1-19-10-6-4-7-11-14(10)18-16(20-11)13-9-5-2-3-8-12(9)21-15(13)17/h4,6-7H,2-3,5,8,17H2,1H3. The number of hydrogen-bond acceptors (Lipinski definition) is 5. The van der Waals surface area contributed by atoms with Gasteiger partial charge in [-0.25, -0.2) is 4.98 Å². The monoisotopic (exact) mass is 300 g/mol. The number of aryl methyl sites for hydroxylation is 1. The smallest absolute Gasteiger partial charge is 0.230 e. The average molecular weight is 300 g/mol. The summed E-state index contributed by atoms with van der Waals surface area (Å²) >= 11 is 1.68. The Hall–Kier alpha value is -2.01. The van der Waals surface area contributed by atoms with Crippen molar-refractivity contribution in [2.45, 2.75) is 25.7 Å². The second-order valence-corrected chi connectivity index (χ2v) is 6.41. The lowest BCUT2D eigenvalue weighted by atomic mass is 9.95. The molecule has 0 amide bonds. The quantitative estimate of drug-likeness (QED) is 0.776. The van der Waals surface area contributed by atoms with Gasteiger partial charge in [0.25, 0.3) is 0 Å². The lowest BCUT2D eigenvalue weighted by molar-refractivity contribution is 0.419. The van der Waals surface area contributed by atoms with Gasteiger partial charge in [-0.05, 0) is 43.4 Å². The molecule has 2 N–H and O–H groups in total. The van der Waals surface area contributed by atoms with Crippen molar-refractivity contribution in [3.8, 4) is 17.2 Å². The number of hydrogen-bond donors (Lipinski definition) is 1. The number of nitrogens with two attached hydrogens (primary N) is 1. The van der Waals surface area contributed by atoms with Crippen LogP contribution in [-0.2, 0) is 12.8 Å². The zero-order valence-electron chi connectivity index (χ0n) is 11.8. The third kappa shape index (κ3) is 1.92. The largest absolute Gasteiger partial charge is 0.494 e. The van der Waals surface area contributed by atoms with Crippen molar-refractivity contribution in [2.75, 3.05) is 12.8 Å². The van der Waals surface area contributed by atoms with E-state index in [0.29, 0.717) is 5.89 Å². The van der Waals surface area contributed by atoms with Crippen molar-refractivity contribution in [1.29, 1.82) is 0 Å². The summed E-state index contributed by atoms with van der Waals surface area (Å²) in [6.07, 6.45) is 4.63. The Morgan fingerprint density at radius 1 is 1.29 bits per heavy atom. The van der Waals surface area contributed by atoms with Crippen LogP contribution in [0.4, 0.5) is 5.00 Å². The van der Waals surface area contributed by atoms with Crippen LogP contribution in [0.5, 0.6) is 5.75 Å². The van der Waals surface area contributed by atoms with E-state index in [1.54, 1.807) is 18.4 Å². The molecule has 0 atom stereocenters. The predicted molar refractivity (Wildman–Crippen MR) is 84.9 cm³/mol. The Morgan fingerprint density at radius 3 is 3.00 bits per heavy atom. The van der Waals surface area contributed by atoms with E-state index in [1.807, 2.05) is 18.2 Å². The summed E-state index contributed by atoms with van der Waals surface area (Å²) in [6, 6.07) is 5.70. The van der Waals surface area contributed by atoms with E-state index in [4.69, 9.17) is 14.9 Å². The molecular formula is C16H16N2O2S. The third-order valence-electron chi connectivity index (χ3n) is 4.01. The van der Waals surface area contributed by atoms with Crippen LogP contribution in [0, 0.1) is 0 Å². The van der Waals surface area contributed by atoms with Crippen LogP contribution in [-0.4, -0.2) is 12.1 Å². The molecule has 0 spiro atoms. The number of ether oxygens (including phenoxy) is 1. The van der Waals surface area contributed by atoms with Gasteiger partial charge in [-0.15, -0.1) is 11.3 Å². The highest BCUT2D eigenvalue weighted by molar-refractivity contribution is 7.16. The summed E-state index contributed by atoms with van der Waals surface area (Å²) in [5.74, 6) is 1.34. The lowest BCUT2D eigenvalue weighted by Crippen LogP contribution is -1.99. The Morgan fingerprint density at radius 2 is 2.14 bits per heavy atom. The van der Waals surface area contributed by atoms with Crippen LogP contribution in [0.2, 0.25) is 0 Å². The number of fused-ring (bicyclic) bond motifs is 2. The molecule has 3 aromatic rings. The van der Waals surface area contributed by atoms with Gasteiger partial charge < -0.3 is 14.9 Å². The molecule has 0 unspecified atom stereocenters. The van der Waals surface area contributed by atoms with Crippen LogP contribution in [0.25, 0.3) is 22.6 Å². The SMILES string of the molecule is COc1cccc2oc(-c3c(N)sc4c3CCCC4)nc12. The molecule has 2 heterocycles. The molecule has 108 valence electrons. The van der Waals surface area contributed by atoms with Crippen LogP contribution in [0.1, 0.15) is 23.3 Å². The molecule has 0 radical (unpaired) electrons. The fourth-order valence-corrected chi connectivity index (χ4v) is 4.17. The minimum absolute atomic E-state index is 0.617. The van der Waals surface area contributed by atoms with Crippen molar-refractivity contribution in [1.82, 2.24) is 4.98 Å². The van der Waals surface area contributed by atoms with Gasteiger partial charge in [0.15, 0.2) is 11.1 Å². The Bertz CT molecular complexity index is 819. The minimum atomic E-state index is 0.617. The van der Waals surface area contributed by atoms with Gasteiger partial charge in [-0.3, -0.25) is 0 Å². The van der Waals surface area contributed by atoms with E-state index in [-0.39, 0.29) is 0 Å². The Balaban J connectivity index is 1.93. The zero-order valence-corrected chi connectivity index (χ0v) is 12.6. The summed E-state index contributed by atoms with van der Waals surface area (Å²) in [5, 5.41) is 0.812. The van der Waals surface area contributed by atoms with Gasteiger partial charge >= 0.3 is 0 Å². The Labute approximate surface area is 126 Å². The predicted octanol–water partition coefficient (Wildman–Crippen LogP) is 4.03. The van der Waals surface area contributed by atoms with Gasteiger partial charge in [0.2, 0.25) is 5.89 Å². The molecule has 0 fully saturated rings. The van der Waals surface area contributed by atoms with Gasteiger partial charge in [-0.2, -0.15) is 0 Å². The van der Waals surface area contributed by atoms with Gasteiger partial charge in [0, 0.05) is 4.88 Å². The molecule has 0 saturated heterocycles. The second-order valence-electron chi connectivity index (χ2n) is 5.28. The molecule has 4 nitrogen and oxygen atoms in total. The molecule has 5 heteroatoms. The number of methoxy groups -OCH3 is 1. The molecule has 1 aliphatic rings. The van der Waals surface area contributed by atoms with Gasteiger partial charge in [0.1, 0.15) is 5.75 Å². The van der Waals surface area contributed by atoms with Crippen molar-refractivity contribution in [2.24, 2.45) is 0 Å². The van der Waals surface area contributed by atoms with Crippen LogP contribution in [0.15, 0.2) is 22.6 Å². The molecule has 0 aliphatic heterocycles. The van der Waals surface area contributed by atoms with E-state index in [1.165, 1.54) is 23.3 Å². The fourth-order valence-electron chi connectivity index (χ4n) is 3.02. The minimum Gasteiger partial charge on any atom is -0.494 e. The molecule has 21 heavy (non-hydrogen) atoms. The third-order valence-corrected chi connectivity index (χ3v) is 5.14. The molecular weight excluding hydrogens is 284 g/mol. The van der Waals surface area contributed by atoms with Crippen LogP contribution < -0.4 is 10.5 Å². The van der Waals surface area contributed by atoms with Crippen LogP contribution in [0.3, 0.4) is 0 Å². The summed E-state index contributed by atoms with van der Waals surface area (Å²) in [5.41, 5.74) is 10.0. The van der Waals surface area contributed by atoms with Gasteiger partial charge in [0.05, 0.1) is 17.7 Å². The van der Waals surface area contributed by atoms with E-state index >= 15 is 0 Å². The lowest BCUT2D eigenvalue weighted by Gasteiger charge is -2.10. The fraction of sp³-hybridized carbons (Fsp3) is 0.312. The number of rotatable bonds is 2. The number of nitrogens with zero attached hydrogens (tertiary/aromatic N) is 1. The second kappa shape index (κ2) is 4.77. The van der Waals surface area contributed by atoms with Crippen molar-refractivity contribution in [3.63, 3.8) is 0 Å². The first kappa shape index (κ1) is 12.7. The van der Waals surface area contributed by atoms with Gasteiger partial charge in [-0.1, -0.05) is 6.07 Å². The van der Waals surface area contributed by atoms with E-state index in [2.05, 4.69) is 4.98 Å². The Kier molecular flexibility index (Phi) is 2.89. The highest BCUT2D eigenvalue weighted by Gasteiger charge is 2.24. The van der Waals surface area contributed by atoms with E-state index < -0.39 is 0 Å². The number of para-hydroxylation sites is 1. The normalized spacial score (nSPS) is 14.3. The topological polar surface area (TPSA) is 61.3 Å². The van der Waals surface area contributed by atoms with Crippen molar-refractivity contribution >= 4 is 27.4 Å². The first-order valence-corrected chi connectivity index (χ1v) is 7.93. The summed E-state index contributed by atoms with van der Waals surface area (Å²) in [4.78, 5) is 6.02. The first-order valence-electron chi connectivity index (χ1n) is 7.12. The summed E-state index contributed by atoms with van der Waals surface area (Å²) in [7, 11) is 1.64. The maximum absolute atomic E-state index is 6.23. The maximum Gasteiger partial charge on any atom is 0.230 e. The van der Waals surface area contributed by atoms with Crippen LogP contribution >= 0.6 is 11.3 Å². The first-order chi connectivity index (χ1) is 10.3. The molecule has 1 aliphatic carbocycles. The summed E-state index contributed by atoms with van der Waals surface area (Å²) < 4.78 is 11.3. The maximum atomic E-state index is 6.23. The van der Waals surface area contributed by atoms with Crippen molar-refractivity contribution in [3.05, 3.63) is 28.6 Å². The molecule has 0 saturated carbocycles. The summed E-state index contributed by atoms with van der Waals surface area (Å²) in [6.45, 7) is 0. The zero-order chi connectivity index (χ0) is 14.4. The number of benzene rings is 1. The van der Waals surface area contributed by atoms with Crippen molar-refractivity contribution < 1.29 is 9.15 Å². The highest BCUT2D eigenvalue weighted by Crippen LogP contribution is 2.43. The number of thiophene rings is 1. The number of nitrogen functional groups attached to an aromatic ring is 1. The molecule has 4 rings (SSSR count). The number of aromatic nitrogens is 1. The average Bonchev–Trinajstić information content (AvgIpc) is 3.05. The highest BCUT2D eigenvalue weighted by atomic mass is 32.1. The van der Waals surface area contributed by atoms with E-state index in [0.717, 1.165) is 40.3 Å². The molecule has 1 aromatic carbocycles. The molecule has 2 aromatic heterocycles. The number of anilines is 1. The van der Waals surface area contributed by atoms with E-state index in [9.17, 15) is 0 Å².